The van der Waals surface area contributed by atoms with Gasteiger partial charge in [-0.1, -0.05) is 47.5 Å². The standard InChI is InChI=1S/C27H28Cl2IN3O4S/c1-18(2)31-27(35)19(3)32(16-20-9-10-21(28)15-25(20)29)26(34)17-33(23-13-11-22(30)12-14-23)38(36,37)24-7-5-4-6-8-24/h4-15,18-19H,16-17H2,1-3H3,(H,31,35). The van der Waals surface area contributed by atoms with Crippen LogP contribution in [-0.2, 0) is 26.2 Å². The predicted molar refractivity (Wildman–Crippen MR) is 160 cm³/mol. The van der Waals surface area contributed by atoms with E-state index in [4.69, 9.17) is 23.2 Å². The molecule has 38 heavy (non-hydrogen) atoms. The lowest BCUT2D eigenvalue weighted by atomic mass is 10.1. The number of benzene rings is 3. The van der Waals surface area contributed by atoms with E-state index in [0.29, 0.717) is 21.3 Å². The average molecular weight is 688 g/mol. The number of nitrogens with zero attached hydrogens (tertiary/aromatic N) is 2. The summed E-state index contributed by atoms with van der Waals surface area (Å²) in [4.78, 5) is 28.2. The molecule has 0 aliphatic heterocycles. The maximum absolute atomic E-state index is 13.9. The molecule has 0 aromatic heterocycles. The second kappa shape index (κ2) is 13.1. The summed E-state index contributed by atoms with van der Waals surface area (Å²) >= 11 is 14.5. The molecular weight excluding hydrogens is 660 g/mol. The van der Waals surface area contributed by atoms with Gasteiger partial charge in [-0.2, -0.15) is 0 Å². The number of nitrogens with one attached hydrogen (secondary N) is 1. The van der Waals surface area contributed by atoms with Crippen molar-refractivity contribution < 1.29 is 18.0 Å². The largest absolute Gasteiger partial charge is 0.352 e. The van der Waals surface area contributed by atoms with Gasteiger partial charge >= 0.3 is 0 Å². The molecule has 0 bridgehead atoms. The van der Waals surface area contributed by atoms with Gasteiger partial charge in [0.25, 0.3) is 10.0 Å². The Kier molecular flexibility index (Phi) is 10.4. The molecule has 3 aromatic carbocycles. The Morgan fingerprint density at radius 1 is 0.947 bits per heavy atom. The molecule has 0 aliphatic rings. The van der Waals surface area contributed by atoms with Crippen LogP contribution in [0.4, 0.5) is 5.69 Å². The average Bonchev–Trinajstić information content (AvgIpc) is 2.87. The van der Waals surface area contributed by atoms with E-state index in [1.165, 1.54) is 17.0 Å². The minimum Gasteiger partial charge on any atom is -0.352 e. The number of hydrogen-bond donors (Lipinski definition) is 1. The smallest absolute Gasteiger partial charge is 0.264 e. The highest BCUT2D eigenvalue weighted by Gasteiger charge is 2.32. The molecule has 7 nitrogen and oxygen atoms in total. The molecule has 0 radical (unpaired) electrons. The van der Waals surface area contributed by atoms with Crippen molar-refractivity contribution in [2.45, 2.75) is 44.3 Å². The first-order chi connectivity index (χ1) is 17.9. The zero-order chi connectivity index (χ0) is 28.0. The van der Waals surface area contributed by atoms with Crippen molar-refractivity contribution in [2.75, 3.05) is 10.8 Å². The number of hydrogen-bond acceptors (Lipinski definition) is 4. The van der Waals surface area contributed by atoms with E-state index in [1.54, 1.807) is 67.6 Å². The first kappa shape index (κ1) is 30.2. The fourth-order valence-electron chi connectivity index (χ4n) is 3.68. The zero-order valence-corrected chi connectivity index (χ0v) is 25.6. The lowest BCUT2D eigenvalue weighted by Crippen LogP contribution is -2.52. The van der Waals surface area contributed by atoms with Crippen molar-refractivity contribution in [2.24, 2.45) is 0 Å². The Bertz CT molecular complexity index is 1390. The van der Waals surface area contributed by atoms with Gasteiger partial charge in [0.05, 0.1) is 10.6 Å². The number of halogens is 3. The van der Waals surface area contributed by atoms with Crippen LogP contribution in [-0.4, -0.2) is 43.8 Å². The molecule has 0 saturated carbocycles. The molecular formula is C27H28Cl2IN3O4S. The fraction of sp³-hybridized carbons (Fsp3) is 0.259. The van der Waals surface area contributed by atoms with Gasteiger partial charge in [-0.15, -0.1) is 0 Å². The van der Waals surface area contributed by atoms with Crippen LogP contribution < -0.4 is 9.62 Å². The van der Waals surface area contributed by atoms with E-state index in [-0.39, 0.29) is 23.4 Å². The Morgan fingerprint density at radius 2 is 1.58 bits per heavy atom. The molecule has 1 N–H and O–H groups in total. The van der Waals surface area contributed by atoms with E-state index in [2.05, 4.69) is 27.9 Å². The third-order valence-corrected chi connectivity index (χ3v) is 8.77. The molecule has 1 unspecified atom stereocenters. The van der Waals surface area contributed by atoms with Gasteiger partial charge in [-0.05, 0) is 97.5 Å². The summed E-state index contributed by atoms with van der Waals surface area (Å²) < 4.78 is 29.4. The number of anilines is 1. The minimum atomic E-state index is -4.11. The lowest BCUT2D eigenvalue weighted by molar-refractivity contribution is -0.139. The number of carbonyl (C=O) groups excluding carboxylic acids is 2. The summed E-state index contributed by atoms with van der Waals surface area (Å²) in [5.41, 5.74) is 0.895. The molecule has 1 atom stereocenters. The van der Waals surface area contributed by atoms with E-state index < -0.39 is 28.5 Å². The highest BCUT2D eigenvalue weighted by Crippen LogP contribution is 2.27. The summed E-state index contributed by atoms with van der Waals surface area (Å²) in [6.45, 7) is 4.69. The summed E-state index contributed by atoms with van der Waals surface area (Å²) in [6, 6.07) is 18.5. The van der Waals surface area contributed by atoms with E-state index >= 15 is 0 Å². The molecule has 11 heteroatoms. The summed E-state index contributed by atoms with van der Waals surface area (Å²) in [5.74, 6) is -0.939. The normalized spacial score (nSPS) is 12.2. The number of amides is 2. The third-order valence-electron chi connectivity index (χ3n) is 5.68. The van der Waals surface area contributed by atoms with Crippen molar-refractivity contribution >= 4 is 73.3 Å². The van der Waals surface area contributed by atoms with E-state index in [0.717, 1.165) is 7.88 Å². The van der Waals surface area contributed by atoms with Gasteiger partial charge in [0.2, 0.25) is 11.8 Å². The topological polar surface area (TPSA) is 86.8 Å². The molecule has 3 aromatic rings. The highest BCUT2D eigenvalue weighted by atomic mass is 127. The fourth-order valence-corrected chi connectivity index (χ4v) is 5.94. The van der Waals surface area contributed by atoms with Gasteiger partial charge in [0.15, 0.2) is 0 Å². The predicted octanol–water partition coefficient (Wildman–Crippen LogP) is 5.74. The highest BCUT2D eigenvalue weighted by molar-refractivity contribution is 14.1. The maximum atomic E-state index is 13.9. The molecule has 2 amide bonds. The monoisotopic (exact) mass is 687 g/mol. The van der Waals surface area contributed by atoms with Crippen LogP contribution in [0.15, 0.2) is 77.7 Å². The second-order valence-corrected chi connectivity index (χ2v) is 12.8. The molecule has 0 aliphatic carbocycles. The van der Waals surface area contributed by atoms with E-state index in [1.807, 2.05) is 13.8 Å². The van der Waals surface area contributed by atoms with Gasteiger partial charge in [0, 0.05) is 26.2 Å². The Balaban J connectivity index is 2.03. The van der Waals surface area contributed by atoms with Crippen LogP contribution in [0, 0.1) is 3.57 Å². The molecule has 0 fully saturated rings. The Labute approximate surface area is 247 Å². The first-order valence-corrected chi connectivity index (χ1v) is 15.0. The maximum Gasteiger partial charge on any atom is 0.264 e. The Hall–Kier alpha value is -2.34. The zero-order valence-electron chi connectivity index (χ0n) is 21.1. The van der Waals surface area contributed by atoms with E-state index in [9.17, 15) is 18.0 Å². The van der Waals surface area contributed by atoms with Crippen LogP contribution in [0.1, 0.15) is 26.3 Å². The summed E-state index contributed by atoms with van der Waals surface area (Å²) in [5, 5.41) is 3.58. The molecule has 3 rings (SSSR count). The van der Waals surface area contributed by atoms with Crippen LogP contribution >= 0.6 is 45.8 Å². The molecule has 0 heterocycles. The summed E-state index contributed by atoms with van der Waals surface area (Å²) in [6.07, 6.45) is 0. The van der Waals surface area contributed by atoms with Crippen LogP contribution in [0.5, 0.6) is 0 Å². The number of sulfonamides is 1. The third kappa shape index (κ3) is 7.62. The van der Waals surface area contributed by atoms with Crippen LogP contribution in [0.25, 0.3) is 0 Å². The lowest BCUT2D eigenvalue weighted by Gasteiger charge is -2.32. The van der Waals surface area contributed by atoms with Crippen molar-refractivity contribution in [3.05, 3.63) is 92.0 Å². The van der Waals surface area contributed by atoms with Crippen molar-refractivity contribution in [3.63, 3.8) is 0 Å². The molecule has 0 saturated heterocycles. The number of carbonyl (C=O) groups is 2. The first-order valence-electron chi connectivity index (χ1n) is 11.8. The summed E-state index contributed by atoms with van der Waals surface area (Å²) in [7, 11) is -4.11. The second-order valence-electron chi connectivity index (χ2n) is 8.90. The van der Waals surface area contributed by atoms with Gasteiger partial charge in [-0.25, -0.2) is 8.42 Å². The minimum absolute atomic E-state index is 0.0204. The van der Waals surface area contributed by atoms with Crippen LogP contribution in [0.2, 0.25) is 10.0 Å². The Morgan fingerprint density at radius 3 is 2.16 bits per heavy atom. The van der Waals surface area contributed by atoms with Crippen molar-refractivity contribution in [1.82, 2.24) is 10.2 Å². The SMILES string of the molecule is CC(C)NC(=O)C(C)N(Cc1ccc(Cl)cc1Cl)C(=O)CN(c1ccc(I)cc1)S(=O)(=O)c1ccccc1. The molecule has 0 spiro atoms. The molecule has 202 valence electrons. The number of rotatable bonds is 10. The quantitative estimate of drug-likeness (QED) is 0.276. The van der Waals surface area contributed by atoms with Crippen molar-refractivity contribution in [3.8, 4) is 0 Å². The van der Waals surface area contributed by atoms with Crippen LogP contribution in [0.3, 0.4) is 0 Å². The van der Waals surface area contributed by atoms with Crippen molar-refractivity contribution in [1.29, 1.82) is 0 Å². The van der Waals surface area contributed by atoms with Gasteiger partial charge in [-0.3, -0.25) is 13.9 Å². The van der Waals surface area contributed by atoms with Gasteiger partial charge < -0.3 is 10.2 Å². The van der Waals surface area contributed by atoms with Gasteiger partial charge in [0.1, 0.15) is 12.6 Å².